The van der Waals surface area contributed by atoms with Crippen molar-refractivity contribution in [3.8, 4) is 11.5 Å². The molecule has 0 radical (unpaired) electrons. The van der Waals surface area contributed by atoms with Crippen molar-refractivity contribution >= 4 is 15.9 Å². The third-order valence-electron chi connectivity index (χ3n) is 1.37. The quantitative estimate of drug-likeness (QED) is 0.809. The molecule has 12 heavy (non-hydrogen) atoms. The SMILES string of the molecule is [2H]c1nc(-c2ccc(Br)cn2)[nH]c1[2H]. The lowest BCUT2D eigenvalue weighted by atomic mass is 10.3. The molecule has 2 aromatic heterocycles. The molecule has 2 aromatic rings. The van der Waals surface area contributed by atoms with E-state index in [0.717, 1.165) is 4.47 Å². The second-order valence-electron chi connectivity index (χ2n) is 2.18. The Morgan fingerprint density at radius 3 is 2.92 bits per heavy atom. The van der Waals surface area contributed by atoms with Crippen LogP contribution in [0, 0.1) is 0 Å². The lowest BCUT2D eigenvalue weighted by Crippen LogP contribution is -1.83. The van der Waals surface area contributed by atoms with Gasteiger partial charge >= 0.3 is 0 Å². The normalized spacial score (nSPS) is 12.4. The minimum absolute atomic E-state index is 0.00437. The molecule has 60 valence electrons. The smallest absolute Gasteiger partial charge is 0.155 e. The summed E-state index contributed by atoms with van der Waals surface area (Å²) in [5.41, 5.74) is 0.625. The van der Waals surface area contributed by atoms with Gasteiger partial charge in [0.25, 0.3) is 0 Å². The molecular weight excluding hydrogens is 218 g/mol. The van der Waals surface area contributed by atoms with Crippen molar-refractivity contribution in [2.45, 2.75) is 0 Å². The van der Waals surface area contributed by atoms with Crippen LogP contribution in [0.2, 0.25) is 0 Å². The van der Waals surface area contributed by atoms with Crippen LogP contribution in [0.25, 0.3) is 11.5 Å². The van der Waals surface area contributed by atoms with E-state index in [1.165, 1.54) is 0 Å². The number of aromatic nitrogens is 3. The summed E-state index contributed by atoms with van der Waals surface area (Å²) < 4.78 is 15.4. The summed E-state index contributed by atoms with van der Waals surface area (Å²) in [5.74, 6) is 0.451. The van der Waals surface area contributed by atoms with E-state index < -0.39 is 0 Å². The summed E-state index contributed by atoms with van der Waals surface area (Å²) in [7, 11) is 0. The summed E-state index contributed by atoms with van der Waals surface area (Å²) >= 11 is 3.27. The molecule has 0 aliphatic carbocycles. The van der Waals surface area contributed by atoms with Gasteiger partial charge in [-0.05, 0) is 28.1 Å². The fourth-order valence-corrected chi connectivity index (χ4v) is 1.07. The van der Waals surface area contributed by atoms with Crippen molar-refractivity contribution in [2.75, 3.05) is 0 Å². The lowest BCUT2D eigenvalue weighted by molar-refractivity contribution is 1.22. The second kappa shape index (κ2) is 3.06. The predicted octanol–water partition coefficient (Wildman–Crippen LogP) is 2.23. The van der Waals surface area contributed by atoms with Gasteiger partial charge in [-0.1, -0.05) is 0 Å². The van der Waals surface area contributed by atoms with Crippen LogP contribution in [-0.2, 0) is 0 Å². The van der Waals surface area contributed by atoms with Crippen molar-refractivity contribution in [2.24, 2.45) is 0 Å². The molecule has 0 bridgehead atoms. The summed E-state index contributed by atoms with van der Waals surface area (Å²) in [4.78, 5) is 10.6. The van der Waals surface area contributed by atoms with Crippen molar-refractivity contribution in [1.29, 1.82) is 0 Å². The zero-order valence-electron chi connectivity index (χ0n) is 8.00. The van der Waals surface area contributed by atoms with Crippen LogP contribution in [-0.4, -0.2) is 15.0 Å². The molecule has 2 rings (SSSR count). The number of nitrogens with one attached hydrogen (secondary N) is 1. The first-order valence-corrected chi connectivity index (χ1v) is 4.11. The van der Waals surface area contributed by atoms with Gasteiger partial charge < -0.3 is 4.98 Å². The number of nitrogens with zero attached hydrogens (tertiary/aromatic N) is 2. The fraction of sp³-hybridized carbons (Fsp3) is 0. The average Bonchev–Trinajstić information content (AvgIpc) is 2.48. The number of halogens is 1. The molecule has 2 heterocycles. The average molecular weight is 226 g/mol. The molecule has 3 nitrogen and oxygen atoms in total. The first kappa shape index (κ1) is 5.48. The van der Waals surface area contributed by atoms with Gasteiger partial charge in [-0.3, -0.25) is 4.98 Å². The molecular formula is C8H6BrN3. The van der Waals surface area contributed by atoms with Crippen LogP contribution < -0.4 is 0 Å². The predicted molar refractivity (Wildman–Crippen MR) is 49.5 cm³/mol. The van der Waals surface area contributed by atoms with Gasteiger partial charge in [0.05, 0.1) is 2.74 Å². The number of hydrogen-bond donors (Lipinski definition) is 1. The molecule has 0 unspecified atom stereocenters. The molecule has 0 aliphatic heterocycles. The van der Waals surface area contributed by atoms with E-state index in [-0.39, 0.29) is 12.3 Å². The van der Waals surface area contributed by atoms with Crippen molar-refractivity contribution in [3.63, 3.8) is 0 Å². The molecule has 0 aromatic carbocycles. The van der Waals surface area contributed by atoms with Crippen LogP contribution in [0.3, 0.4) is 0 Å². The van der Waals surface area contributed by atoms with Gasteiger partial charge in [0.1, 0.15) is 5.69 Å². The minimum atomic E-state index is -0.0651. The highest BCUT2D eigenvalue weighted by molar-refractivity contribution is 9.10. The Kier molecular flexibility index (Phi) is 1.40. The number of hydrogen-bond acceptors (Lipinski definition) is 2. The number of aromatic amines is 1. The van der Waals surface area contributed by atoms with Crippen LogP contribution in [0.4, 0.5) is 0 Å². The van der Waals surface area contributed by atoms with Gasteiger partial charge in [0.2, 0.25) is 0 Å². The number of H-pyrrole nitrogens is 1. The highest BCUT2D eigenvalue weighted by Crippen LogP contribution is 2.13. The third-order valence-corrected chi connectivity index (χ3v) is 1.84. The summed E-state index contributed by atoms with van der Waals surface area (Å²) in [6, 6.07) is 3.60. The van der Waals surface area contributed by atoms with Gasteiger partial charge in [0, 0.05) is 23.0 Å². The zero-order valence-corrected chi connectivity index (χ0v) is 7.59. The van der Waals surface area contributed by atoms with Crippen molar-refractivity contribution in [1.82, 2.24) is 15.0 Å². The molecule has 1 N–H and O–H groups in total. The Labute approximate surface area is 80.8 Å². The minimum Gasteiger partial charge on any atom is -0.343 e. The topological polar surface area (TPSA) is 41.6 Å². The number of imidazole rings is 1. The molecule has 0 saturated carbocycles. The van der Waals surface area contributed by atoms with Crippen LogP contribution in [0.1, 0.15) is 2.74 Å². The molecule has 0 fully saturated rings. The summed E-state index contributed by atoms with van der Waals surface area (Å²) in [5, 5.41) is 0. The van der Waals surface area contributed by atoms with Crippen molar-refractivity contribution in [3.05, 3.63) is 35.1 Å². The van der Waals surface area contributed by atoms with E-state index in [1.807, 2.05) is 6.07 Å². The molecule has 0 aliphatic rings. The van der Waals surface area contributed by atoms with E-state index in [0.29, 0.717) is 11.5 Å². The number of rotatable bonds is 1. The highest BCUT2D eigenvalue weighted by atomic mass is 79.9. The maximum Gasteiger partial charge on any atom is 0.155 e. The standard InChI is InChI=1S/C8H6BrN3/c9-6-1-2-7(12-5-6)8-10-3-4-11-8/h1-5H,(H,10,11)/i3D,4D. The fourth-order valence-electron chi connectivity index (χ4n) is 0.836. The van der Waals surface area contributed by atoms with E-state index >= 15 is 0 Å². The first-order chi connectivity index (χ1) is 6.66. The largest absolute Gasteiger partial charge is 0.343 e. The van der Waals surface area contributed by atoms with Gasteiger partial charge in [0.15, 0.2) is 5.82 Å². The maximum atomic E-state index is 7.29. The van der Waals surface area contributed by atoms with E-state index in [4.69, 9.17) is 2.74 Å². The zero-order chi connectivity index (χ0) is 10.1. The van der Waals surface area contributed by atoms with Crippen LogP contribution in [0.15, 0.2) is 35.1 Å². The summed E-state index contributed by atoms with van der Waals surface area (Å²) in [6.07, 6.45) is 1.58. The Morgan fingerprint density at radius 2 is 2.33 bits per heavy atom. The summed E-state index contributed by atoms with van der Waals surface area (Å²) in [6.45, 7) is 0. The van der Waals surface area contributed by atoms with Gasteiger partial charge in [-0.15, -0.1) is 0 Å². The van der Waals surface area contributed by atoms with Crippen LogP contribution in [0.5, 0.6) is 0 Å². The van der Waals surface area contributed by atoms with Crippen molar-refractivity contribution < 1.29 is 2.74 Å². The van der Waals surface area contributed by atoms with Crippen LogP contribution >= 0.6 is 15.9 Å². The van der Waals surface area contributed by atoms with Gasteiger partial charge in [-0.25, -0.2) is 4.98 Å². The third kappa shape index (κ3) is 1.38. The van der Waals surface area contributed by atoms with E-state index in [2.05, 4.69) is 30.9 Å². The highest BCUT2D eigenvalue weighted by Gasteiger charge is 1.98. The monoisotopic (exact) mass is 225 g/mol. The Morgan fingerprint density at radius 1 is 1.42 bits per heavy atom. The molecule has 0 spiro atoms. The maximum absolute atomic E-state index is 7.29. The Balaban J connectivity index is 2.44. The first-order valence-electron chi connectivity index (χ1n) is 4.32. The lowest BCUT2D eigenvalue weighted by Gasteiger charge is -1.94. The number of pyridine rings is 1. The molecule has 0 saturated heterocycles. The Hall–Kier alpha value is -1.16. The van der Waals surface area contributed by atoms with E-state index in [1.54, 1.807) is 12.3 Å². The Bertz CT molecular complexity index is 433. The van der Waals surface area contributed by atoms with E-state index in [9.17, 15) is 0 Å². The second-order valence-corrected chi connectivity index (χ2v) is 3.10. The molecule has 0 atom stereocenters. The molecule has 4 heteroatoms. The van der Waals surface area contributed by atoms with Gasteiger partial charge in [-0.2, -0.15) is 0 Å². The molecule has 0 amide bonds.